The predicted molar refractivity (Wildman–Crippen MR) is 321 cm³/mol. The molecule has 11 aliphatic carbocycles. The summed E-state index contributed by atoms with van der Waals surface area (Å²) in [5.41, 5.74) is 13.7. The molecule has 0 unspecified atom stereocenters. The SMILES string of the molecule is NCCCc1cccc2c1C(=O)O[C@@]21[C@H]2C[C@H](C3CCCCC3)/C=C\[C@@H]3C[C@@H]4[C@@H]5C6=C3[C@@]23C(=O)O/C(=C(/O)[C@@H]2CC[C@@H]7[C@H]8C[C@@H](CN7[C@@H]2[C@@H]2CC7(CCCC7)[C@]7(CCCC79CCCC9)C2)[C@H]2CCC(=C5N2C8)C[C@H]4C2CCCCC2)[C@]31CC6. The Morgan fingerprint density at radius 2 is 1.46 bits per heavy atom. The van der Waals surface area contributed by atoms with Crippen molar-refractivity contribution in [1.29, 1.82) is 0 Å². The lowest BCUT2D eigenvalue weighted by atomic mass is 9.27. The molecule has 8 nitrogen and oxygen atoms in total. The number of aliphatic hydroxyl groups is 1. The number of hydrogen-bond acceptors (Lipinski definition) is 8. The summed E-state index contributed by atoms with van der Waals surface area (Å²) in [6.07, 6.45) is 49.0. The lowest BCUT2D eigenvalue weighted by Crippen LogP contribution is -2.78. The molecular weight excluding hydrogens is 1020 g/mol. The van der Waals surface area contributed by atoms with Gasteiger partial charge in [0.15, 0.2) is 11.4 Å². The first kappa shape index (κ1) is 51.7. The molecule has 11 fully saturated rings. The molecule has 0 aromatic heterocycles. The van der Waals surface area contributed by atoms with Gasteiger partial charge in [-0.2, -0.15) is 0 Å². The van der Waals surface area contributed by atoms with Gasteiger partial charge >= 0.3 is 11.9 Å². The molecule has 6 spiro atoms. The quantitative estimate of drug-likeness (QED) is 0.214. The second kappa shape index (κ2) is 18.1. The number of aliphatic hydroxyl groups excluding tert-OH is 1. The third kappa shape index (κ3) is 6.21. The number of esters is 2. The van der Waals surface area contributed by atoms with Crippen molar-refractivity contribution in [2.75, 3.05) is 19.6 Å². The third-order valence-electron chi connectivity index (χ3n) is 31.2. The minimum atomic E-state index is -1.14. The molecule has 83 heavy (non-hydrogen) atoms. The van der Waals surface area contributed by atoms with Crippen LogP contribution < -0.4 is 5.73 Å². The van der Waals surface area contributed by atoms with Crippen LogP contribution in [0.25, 0.3) is 0 Å². The molecular formula is C75H99N3O5. The standard InChI is InChI=1S/C75H99N3O5/c76-35-12-19-46-18-11-20-57-61(46)68(80)83-75(57)60-39-47(44-14-3-1-4-15-44)21-22-48-37-56-55(45-16-5-2-6-17-45)38-49-23-25-58-50-36-51-43-78(58)65(49)62(56)53-27-34-73(75)67(82-69(81)74(60,73)63(48)53)66(79)54-24-26-59(51)77(42-50)64(54)52-40-71(30-9-10-31-71)72(41-52)33-13-32-70(72)28-7-8-29-70/h11,18,20-22,44-45,47-48,50-52,54-56,58-60,62,64,79H,1-10,12-17,19,23-43,76H2/b22-21-,67-66+/t47-,48-,50+,51+,52-,54-,55+,56+,58-,59-,60+,62+,64-,72-,73-,74-,75-/m1/s1. The maximum absolute atomic E-state index is 17.2. The molecule has 1 aromatic rings. The molecule has 17 atom stereocenters. The number of ether oxygens (including phenoxy) is 2. The van der Waals surface area contributed by atoms with Crippen molar-refractivity contribution in [3.05, 3.63) is 81.0 Å². The molecule has 19 rings (SSSR count). The number of fused-ring (bicyclic) bond motifs is 10. The Balaban J connectivity index is 0.879. The van der Waals surface area contributed by atoms with Crippen molar-refractivity contribution in [2.45, 2.75) is 248 Å². The van der Waals surface area contributed by atoms with E-state index in [1.54, 1.807) is 11.3 Å². The monoisotopic (exact) mass is 1120 g/mol. The molecule has 0 amide bonds. The number of hydrogen-bond donors (Lipinski definition) is 2. The summed E-state index contributed by atoms with van der Waals surface area (Å²) in [4.78, 5) is 39.2. The zero-order valence-electron chi connectivity index (χ0n) is 50.5. The van der Waals surface area contributed by atoms with Crippen LogP contribution in [0.1, 0.15) is 240 Å². The van der Waals surface area contributed by atoms with Crippen molar-refractivity contribution in [3.8, 4) is 0 Å². The van der Waals surface area contributed by atoms with Crippen molar-refractivity contribution in [3.63, 3.8) is 0 Å². The van der Waals surface area contributed by atoms with Gasteiger partial charge in [-0.05, 0) is 228 Å². The zero-order chi connectivity index (χ0) is 55.0. The van der Waals surface area contributed by atoms with Crippen LogP contribution in [0.2, 0.25) is 0 Å². The topological polar surface area (TPSA) is 105 Å². The van der Waals surface area contributed by atoms with Gasteiger partial charge in [-0.1, -0.05) is 125 Å². The largest absolute Gasteiger partial charge is 0.508 e. The number of piperidine rings is 3. The molecule has 4 saturated heterocycles. The van der Waals surface area contributed by atoms with E-state index in [1.807, 2.05) is 5.57 Å². The number of nitrogens with two attached hydrogens (primary N) is 1. The zero-order valence-corrected chi connectivity index (χ0v) is 50.5. The number of carbonyl (C=O) groups excluding carboxylic acids is 2. The highest BCUT2D eigenvalue weighted by molar-refractivity contribution is 6.00. The summed E-state index contributed by atoms with van der Waals surface area (Å²) in [5, 5.41) is 14.7. The highest BCUT2D eigenvalue weighted by Gasteiger charge is 2.94. The number of rotatable bonds is 6. The first-order valence-corrected chi connectivity index (χ1v) is 36.1. The highest BCUT2D eigenvalue weighted by atomic mass is 16.6. The smallest absolute Gasteiger partial charge is 0.339 e. The Morgan fingerprint density at radius 1 is 0.687 bits per heavy atom. The average molecular weight is 1120 g/mol. The Kier molecular flexibility index (Phi) is 11.3. The first-order valence-electron chi connectivity index (χ1n) is 36.1. The van der Waals surface area contributed by atoms with Gasteiger partial charge in [0.1, 0.15) is 11.2 Å². The Bertz CT molecular complexity index is 3050. The van der Waals surface area contributed by atoms with Crippen LogP contribution in [0.4, 0.5) is 0 Å². The van der Waals surface area contributed by atoms with Crippen LogP contribution in [-0.4, -0.2) is 64.6 Å². The molecule has 1 aromatic carbocycles. The molecule has 7 aliphatic heterocycles. The second-order valence-corrected chi connectivity index (χ2v) is 33.1. The average Bonchev–Trinajstić information content (AvgIpc) is 1.53. The highest BCUT2D eigenvalue weighted by Crippen LogP contribution is 2.89. The van der Waals surface area contributed by atoms with Gasteiger partial charge in [0.2, 0.25) is 0 Å². The number of aryl methyl sites for hydroxylation is 1. The van der Waals surface area contributed by atoms with Gasteiger partial charge in [0, 0.05) is 60.2 Å². The fourth-order valence-corrected chi connectivity index (χ4v) is 29.0. The van der Waals surface area contributed by atoms with Crippen molar-refractivity contribution in [1.82, 2.24) is 9.80 Å². The van der Waals surface area contributed by atoms with Crippen molar-refractivity contribution < 1.29 is 24.2 Å². The van der Waals surface area contributed by atoms with Gasteiger partial charge in [-0.15, -0.1) is 0 Å². The van der Waals surface area contributed by atoms with Crippen LogP contribution in [0.5, 0.6) is 0 Å². The number of nitrogens with zero attached hydrogens (tertiary/aromatic N) is 2. The fourth-order valence-electron chi connectivity index (χ4n) is 29.0. The van der Waals surface area contributed by atoms with E-state index < -0.39 is 16.4 Å². The van der Waals surface area contributed by atoms with Crippen LogP contribution in [0.15, 0.2) is 64.3 Å². The van der Waals surface area contributed by atoms with Gasteiger partial charge in [-0.25, -0.2) is 4.79 Å². The Labute approximate surface area is 496 Å². The predicted octanol–water partition coefficient (Wildman–Crippen LogP) is 15.5. The molecule has 8 heteroatoms. The van der Waals surface area contributed by atoms with Crippen LogP contribution in [0, 0.1) is 98.1 Å². The minimum absolute atomic E-state index is 0.0968. The summed E-state index contributed by atoms with van der Waals surface area (Å²) < 4.78 is 15.3. The van der Waals surface area contributed by atoms with E-state index in [4.69, 9.17) is 15.2 Å². The third-order valence-corrected chi connectivity index (χ3v) is 31.2. The molecule has 18 aliphatic rings. The van der Waals surface area contributed by atoms with Crippen LogP contribution in [-0.2, 0) is 26.3 Å². The molecule has 7 saturated carbocycles. The molecule has 7 heterocycles. The summed E-state index contributed by atoms with van der Waals surface area (Å²) in [6, 6.07) is 7.88. The van der Waals surface area contributed by atoms with E-state index in [1.165, 1.54) is 185 Å². The second-order valence-electron chi connectivity index (χ2n) is 33.1. The van der Waals surface area contributed by atoms with E-state index in [2.05, 4.69) is 40.2 Å². The number of benzene rings is 1. The van der Waals surface area contributed by atoms with Gasteiger partial charge < -0.3 is 25.2 Å². The summed E-state index contributed by atoms with van der Waals surface area (Å²) >= 11 is 0. The lowest BCUT2D eigenvalue weighted by molar-refractivity contribution is -0.282. The van der Waals surface area contributed by atoms with Crippen LogP contribution >= 0.6 is 0 Å². The van der Waals surface area contributed by atoms with Crippen molar-refractivity contribution >= 4 is 11.9 Å². The maximum atomic E-state index is 17.2. The van der Waals surface area contributed by atoms with E-state index in [0.717, 1.165) is 74.1 Å². The molecule has 3 N–H and O–H groups in total. The summed E-state index contributed by atoms with van der Waals surface area (Å²) in [6.45, 7) is 2.90. The van der Waals surface area contributed by atoms with Gasteiger partial charge in [-0.3, -0.25) is 9.69 Å². The number of carbonyl (C=O) groups is 2. The number of allylic oxidation sites excluding steroid dienone is 4. The lowest BCUT2D eigenvalue weighted by Gasteiger charge is -2.73. The Hall–Kier alpha value is -3.36. The molecule has 0 radical (unpaired) electrons. The van der Waals surface area contributed by atoms with Gasteiger partial charge in [0.05, 0.1) is 11.0 Å². The van der Waals surface area contributed by atoms with Crippen LogP contribution in [0.3, 0.4) is 0 Å². The summed E-state index contributed by atoms with van der Waals surface area (Å²) in [5.74, 6) is 5.21. The maximum Gasteiger partial charge on any atom is 0.339 e. The first-order chi connectivity index (χ1) is 40.7. The van der Waals surface area contributed by atoms with E-state index >= 15 is 9.59 Å². The van der Waals surface area contributed by atoms with E-state index in [-0.39, 0.29) is 41.7 Å². The molecule has 7 bridgehead atoms. The summed E-state index contributed by atoms with van der Waals surface area (Å²) in [7, 11) is 0. The molecule has 444 valence electrons. The minimum Gasteiger partial charge on any atom is -0.508 e. The fraction of sp³-hybridized carbons (Fsp3) is 0.787. The Morgan fingerprint density at radius 3 is 2.27 bits per heavy atom. The van der Waals surface area contributed by atoms with E-state index in [9.17, 15) is 5.11 Å². The normalized spacial score (nSPS) is 48.0. The van der Waals surface area contributed by atoms with Crippen molar-refractivity contribution in [2.24, 2.45) is 104 Å². The van der Waals surface area contributed by atoms with E-state index in [0.29, 0.717) is 94.2 Å². The van der Waals surface area contributed by atoms with Gasteiger partial charge in [0.25, 0.3) is 0 Å².